The SMILES string of the molecule is CCC(CC1CC1)Nc1ccc(N)c2cccnc12. The maximum atomic E-state index is 6.01. The molecular weight excluding hydrogens is 234 g/mol. The van der Waals surface area contributed by atoms with Gasteiger partial charge in [-0.25, -0.2) is 0 Å². The van der Waals surface area contributed by atoms with Crippen LogP contribution in [0, 0.1) is 5.92 Å². The quantitative estimate of drug-likeness (QED) is 0.799. The molecule has 1 heterocycles. The number of benzene rings is 1. The average Bonchev–Trinajstić information content (AvgIpc) is 3.25. The Balaban J connectivity index is 1.89. The predicted octanol–water partition coefficient (Wildman–Crippen LogP) is 3.81. The molecule has 0 amide bonds. The van der Waals surface area contributed by atoms with Crippen LogP contribution in [-0.2, 0) is 0 Å². The van der Waals surface area contributed by atoms with Crippen molar-refractivity contribution in [2.24, 2.45) is 5.92 Å². The number of rotatable bonds is 5. The van der Waals surface area contributed by atoms with Crippen LogP contribution in [0.4, 0.5) is 11.4 Å². The van der Waals surface area contributed by atoms with Crippen LogP contribution < -0.4 is 11.1 Å². The molecule has 3 N–H and O–H groups in total. The maximum absolute atomic E-state index is 6.01. The van der Waals surface area contributed by atoms with Gasteiger partial charge < -0.3 is 11.1 Å². The van der Waals surface area contributed by atoms with E-state index < -0.39 is 0 Å². The van der Waals surface area contributed by atoms with E-state index in [1.807, 2.05) is 24.4 Å². The molecule has 1 aliphatic rings. The Bertz CT molecular complexity index is 575. The van der Waals surface area contributed by atoms with Crippen molar-refractivity contribution in [1.82, 2.24) is 4.98 Å². The number of aromatic nitrogens is 1. The van der Waals surface area contributed by atoms with E-state index >= 15 is 0 Å². The van der Waals surface area contributed by atoms with E-state index in [1.165, 1.54) is 19.3 Å². The van der Waals surface area contributed by atoms with Gasteiger partial charge in [0.1, 0.15) is 0 Å². The van der Waals surface area contributed by atoms with Gasteiger partial charge in [0.25, 0.3) is 0 Å². The molecule has 1 atom stereocenters. The van der Waals surface area contributed by atoms with Gasteiger partial charge in [0, 0.05) is 23.3 Å². The molecule has 19 heavy (non-hydrogen) atoms. The summed E-state index contributed by atoms with van der Waals surface area (Å²) in [6, 6.07) is 8.53. The number of nitrogens with zero attached hydrogens (tertiary/aromatic N) is 1. The Kier molecular flexibility index (Phi) is 3.28. The number of hydrogen-bond donors (Lipinski definition) is 2. The van der Waals surface area contributed by atoms with Crippen molar-refractivity contribution in [3.05, 3.63) is 30.5 Å². The number of nitrogen functional groups attached to an aromatic ring is 1. The van der Waals surface area contributed by atoms with Crippen molar-refractivity contribution in [2.45, 2.75) is 38.6 Å². The highest BCUT2D eigenvalue weighted by molar-refractivity contribution is 5.98. The van der Waals surface area contributed by atoms with Crippen LogP contribution in [0.2, 0.25) is 0 Å². The summed E-state index contributed by atoms with van der Waals surface area (Å²) in [5.41, 5.74) is 8.90. The molecule has 1 saturated carbocycles. The van der Waals surface area contributed by atoms with Crippen LogP contribution in [0.5, 0.6) is 0 Å². The lowest BCUT2D eigenvalue weighted by Gasteiger charge is -2.19. The summed E-state index contributed by atoms with van der Waals surface area (Å²) in [4.78, 5) is 4.48. The van der Waals surface area contributed by atoms with E-state index in [0.717, 1.165) is 34.6 Å². The molecule has 1 aromatic heterocycles. The van der Waals surface area contributed by atoms with Crippen LogP contribution in [0.15, 0.2) is 30.5 Å². The van der Waals surface area contributed by atoms with Crippen molar-refractivity contribution in [3.63, 3.8) is 0 Å². The summed E-state index contributed by atoms with van der Waals surface area (Å²) in [6.07, 6.45) is 7.05. The highest BCUT2D eigenvalue weighted by Crippen LogP contribution is 2.35. The number of hydrogen-bond acceptors (Lipinski definition) is 3. The molecule has 0 radical (unpaired) electrons. The number of nitrogens with two attached hydrogens (primary N) is 1. The maximum Gasteiger partial charge on any atom is 0.0953 e. The zero-order valence-corrected chi connectivity index (χ0v) is 11.4. The Morgan fingerprint density at radius 1 is 1.37 bits per heavy atom. The third-order valence-electron chi connectivity index (χ3n) is 3.97. The second kappa shape index (κ2) is 5.08. The highest BCUT2D eigenvalue weighted by Gasteiger charge is 2.24. The lowest BCUT2D eigenvalue weighted by molar-refractivity contribution is 0.587. The van der Waals surface area contributed by atoms with E-state index in [0.29, 0.717) is 6.04 Å². The molecule has 0 saturated heterocycles. The van der Waals surface area contributed by atoms with Crippen molar-refractivity contribution in [2.75, 3.05) is 11.1 Å². The highest BCUT2D eigenvalue weighted by atomic mass is 14.9. The fraction of sp³-hybridized carbons (Fsp3) is 0.438. The molecule has 3 heteroatoms. The number of anilines is 2. The van der Waals surface area contributed by atoms with Crippen molar-refractivity contribution >= 4 is 22.3 Å². The summed E-state index contributed by atoms with van der Waals surface area (Å²) < 4.78 is 0. The topological polar surface area (TPSA) is 50.9 Å². The standard InChI is InChI=1S/C16H21N3/c1-2-12(10-11-5-6-11)19-15-8-7-14(17)13-4-3-9-18-16(13)15/h3-4,7-9,11-12,19H,2,5-6,10,17H2,1H3. The summed E-state index contributed by atoms with van der Waals surface area (Å²) >= 11 is 0. The van der Waals surface area contributed by atoms with Gasteiger partial charge in [0.15, 0.2) is 0 Å². The lowest BCUT2D eigenvalue weighted by atomic mass is 10.1. The molecule has 3 rings (SSSR count). The fourth-order valence-corrected chi connectivity index (χ4v) is 2.61. The molecule has 100 valence electrons. The Morgan fingerprint density at radius 2 is 2.21 bits per heavy atom. The first-order valence-corrected chi connectivity index (χ1v) is 7.17. The molecule has 1 aromatic carbocycles. The second-order valence-electron chi connectivity index (χ2n) is 5.53. The average molecular weight is 255 g/mol. The van der Waals surface area contributed by atoms with E-state index in [-0.39, 0.29) is 0 Å². The van der Waals surface area contributed by atoms with Gasteiger partial charge in [-0.3, -0.25) is 4.98 Å². The van der Waals surface area contributed by atoms with Crippen LogP contribution >= 0.6 is 0 Å². The molecule has 0 bridgehead atoms. The first-order valence-electron chi connectivity index (χ1n) is 7.17. The smallest absolute Gasteiger partial charge is 0.0953 e. The molecule has 1 fully saturated rings. The molecule has 3 nitrogen and oxygen atoms in total. The Labute approximate surface area is 114 Å². The van der Waals surface area contributed by atoms with Gasteiger partial charge in [-0.1, -0.05) is 19.8 Å². The van der Waals surface area contributed by atoms with Crippen LogP contribution in [-0.4, -0.2) is 11.0 Å². The Hall–Kier alpha value is -1.77. The molecule has 1 unspecified atom stereocenters. The number of nitrogens with one attached hydrogen (secondary N) is 1. The van der Waals surface area contributed by atoms with E-state index in [4.69, 9.17) is 5.73 Å². The summed E-state index contributed by atoms with van der Waals surface area (Å²) in [5.74, 6) is 0.936. The monoisotopic (exact) mass is 255 g/mol. The third-order valence-corrected chi connectivity index (χ3v) is 3.97. The minimum Gasteiger partial charge on any atom is -0.398 e. The molecule has 0 aliphatic heterocycles. The second-order valence-corrected chi connectivity index (χ2v) is 5.53. The largest absolute Gasteiger partial charge is 0.398 e. The van der Waals surface area contributed by atoms with E-state index in [1.54, 1.807) is 0 Å². The van der Waals surface area contributed by atoms with Gasteiger partial charge in [0.05, 0.1) is 11.2 Å². The number of pyridine rings is 1. The first kappa shape index (κ1) is 12.3. The zero-order chi connectivity index (χ0) is 13.2. The van der Waals surface area contributed by atoms with Crippen molar-refractivity contribution < 1.29 is 0 Å². The lowest BCUT2D eigenvalue weighted by Crippen LogP contribution is -2.19. The fourth-order valence-electron chi connectivity index (χ4n) is 2.61. The zero-order valence-electron chi connectivity index (χ0n) is 11.4. The van der Waals surface area contributed by atoms with Crippen LogP contribution in [0.3, 0.4) is 0 Å². The summed E-state index contributed by atoms with van der Waals surface area (Å²) in [5, 5.41) is 4.69. The number of fused-ring (bicyclic) bond motifs is 1. The van der Waals surface area contributed by atoms with Crippen LogP contribution in [0.1, 0.15) is 32.6 Å². The molecule has 2 aromatic rings. The Morgan fingerprint density at radius 3 is 2.95 bits per heavy atom. The summed E-state index contributed by atoms with van der Waals surface area (Å²) in [7, 11) is 0. The van der Waals surface area contributed by atoms with Crippen molar-refractivity contribution in [1.29, 1.82) is 0 Å². The van der Waals surface area contributed by atoms with Gasteiger partial charge in [-0.15, -0.1) is 0 Å². The van der Waals surface area contributed by atoms with Gasteiger partial charge >= 0.3 is 0 Å². The van der Waals surface area contributed by atoms with Gasteiger partial charge in [0.2, 0.25) is 0 Å². The normalized spacial score (nSPS) is 16.5. The molecule has 1 aliphatic carbocycles. The minimum atomic E-state index is 0.543. The first-order chi connectivity index (χ1) is 9.28. The molecular formula is C16H21N3. The van der Waals surface area contributed by atoms with Crippen LogP contribution in [0.25, 0.3) is 10.9 Å². The van der Waals surface area contributed by atoms with Gasteiger partial charge in [-0.2, -0.15) is 0 Å². The third kappa shape index (κ3) is 2.65. The van der Waals surface area contributed by atoms with E-state index in [9.17, 15) is 0 Å². The van der Waals surface area contributed by atoms with Crippen molar-refractivity contribution in [3.8, 4) is 0 Å². The molecule has 0 spiro atoms. The predicted molar refractivity (Wildman–Crippen MR) is 81.2 cm³/mol. The minimum absolute atomic E-state index is 0.543. The van der Waals surface area contributed by atoms with E-state index in [2.05, 4.69) is 23.3 Å². The summed E-state index contributed by atoms with van der Waals surface area (Å²) in [6.45, 7) is 2.24. The van der Waals surface area contributed by atoms with Gasteiger partial charge in [-0.05, 0) is 43.0 Å².